The first-order valence-electron chi connectivity index (χ1n) is 10.6. The second kappa shape index (κ2) is 11.9. The van der Waals surface area contributed by atoms with E-state index in [2.05, 4.69) is 28.5 Å². The monoisotopic (exact) mass is 419 g/mol. The van der Waals surface area contributed by atoms with E-state index < -0.39 is 0 Å². The molecule has 0 aliphatic heterocycles. The number of aromatic nitrogens is 1. The average Bonchev–Trinajstić information content (AvgIpc) is 3.13. The number of fused-ring (bicyclic) bond motifs is 5. The number of aldehydes is 1. The molecule has 3 aromatic rings. The van der Waals surface area contributed by atoms with Crippen LogP contribution in [0, 0.1) is 0 Å². The van der Waals surface area contributed by atoms with Crippen molar-refractivity contribution in [2.45, 2.75) is 39.2 Å². The molecule has 0 amide bonds. The molecular formula is C27H33NO3. The first-order chi connectivity index (χ1) is 15.1. The molecule has 164 valence electrons. The molecule has 0 saturated carbocycles. The van der Waals surface area contributed by atoms with Gasteiger partial charge in [-0.1, -0.05) is 49.6 Å². The van der Waals surface area contributed by atoms with Crippen molar-refractivity contribution < 1.29 is 14.6 Å². The van der Waals surface area contributed by atoms with E-state index in [1.54, 1.807) is 26.4 Å². The number of nitrogens with zero attached hydrogens (tertiary/aromatic N) is 1. The fraction of sp³-hybridized carbons (Fsp3) is 0.296. The van der Waals surface area contributed by atoms with Crippen molar-refractivity contribution in [3.63, 3.8) is 0 Å². The van der Waals surface area contributed by atoms with E-state index in [0.29, 0.717) is 11.3 Å². The lowest BCUT2D eigenvalue weighted by Crippen LogP contribution is -2.06. The van der Waals surface area contributed by atoms with Gasteiger partial charge in [0.05, 0.1) is 16.4 Å². The molecule has 4 rings (SSSR count). The third-order valence-electron chi connectivity index (χ3n) is 5.30. The predicted octanol–water partition coefficient (Wildman–Crippen LogP) is 6.39. The minimum atomic E-state index is 0.296. The number of aryl methyl sites for hydroxylation is 2. The Balaban J connectivity index is 0.000000431. The maximum Gasteiger partial charge on any atom is 0.150 e. The zero-order valence-electron chi connectivity index (χ0n) is 18.9. The number of allylic oxidation sites excluding steroid dienone is 4. The quantitative estimate of drug-likeness (QED) is 0.303. The van der Waals surface area contributed by atoms with Gasteiger partial charge in [0.15, 0.2) is 6.29 Å². The molecule has 1 N–H and O–H groups in total. The number of hydrogen-bond acceptors (Lipinski definition) is 3. The Morgan fingerprint density at radius 3 is 2.42 bits per heavy atom. The molecule has 2 aromatic carbocycles. The van der Waals surface area contributed by atoms with Crippen LogP contribution in [0.4, 0.5) is 0 Å². The summed E-state index contributed by atoms with van der Waals surface area (Å²) in [6.45, 7) is 9.48. The summed E-state index contributed by atoms with van der Waals surface area (Å²) >= 11 is 0. The highest BCUT2D eigenvalue weighted by molar-refractivity contribution is 6.17. The molecule has 4 heteroatoms. The summed E-state index contributed by atoms with van der Waals surface area (Å²) < 4.78 is 6.50. The molecule has 0 fully saturated rings. The van der Waals surface area contributed by atoms with Gasteiger partial charge in [-0.2, -0.15) is 0 Å². The van der Waals surface area contributed by atoms with Gasteiger partial charge < -0.3 is 14.4 Å². The average molecular weight is 420 g/mol. The van der Waals surface area contributed by atoms with E-state index in [-0.39, 0.29) is 0 Å². The molecule has 4 nitrogen and oxygen atoms in total. The van der Waals surface area contributed by atoms with Gasteiger partial charge in [-0.3, -0.25) is 4.79 Å². The van der Waals surface area contributed by atoms with Gasteiger partial charge in [-0.15, -0.1) is 0 Å². The second-order valence-corrected chi connectivity index (χ2v) is 7.38. The zero-order valence-corrected chi connectivity index (χ0v) is 18.9. The first kappa shape index (κ1) is 24.2. The minimum absolute atomic E-state index is 0.296. The van der Waals surface area contributed by atoms with Crippen LogP contribution in [0.3, 0.4) is 0 Å². The van der Waals surface area contributed by atoms with Crippen molar-refractivity contribution in [1.82, 2.24) is 4.57 Å². The fourth-order valence-electron chi connectivity index (χ4n) is 4.09. The Hall–Kier alpha value is -3.11. The molecule has 1 heterocycles. The fourth-order valence-corrected chi connectivity index (χ4v) is 4.09. The minimum Gasteiger partial charge on any atom is -0.507 e. The van der Waals surface area contributed by atoms with Crippen LogP contribution < -0.4 is 0 Å². The maximum absolute atomic E-state index is 11.6. The number of methoxy groups -OCH3 is 1. The van der Waals surface area contributed by atoms with Gasteiger partial charge in [-0.25, -0.2) is 0 Å². The summed E-state index contributed by atoms with van der Waals surface area (Å²) in [5, 5.41) is 12.4. The Kier molecular flexibility index (Phi) is 9.29. The smallest absolute Gasteiger partial charge is 0.150 e. The Morgan fingerprint density at radius 1 is 1.13 bits per heavy atom. The van der Waals surface area contributed by atoms with Crippen LogP contribution in [0.5, 0.6) is 5.75 Å². The van der Waals surface area contributed by atoms with Crippen LogP contribution >= 0.6 is 0 Å². The van der Waals surface area contributed by atoms with Crippen LogP contribution in [0.2, 0.25) is 0 Å². The first-order valence-corrected chi connectivity index (χ1v) is 10.6. The van der Waals surface area contributed by atoms with Crippen molar-refractivity contribution in [2.75, 3.05) is 14.2 Å². The summed E-state index contributed by atoms with van der Waals surface area (Å²) in [5.74, 6) is 0.296. The molecule has 0 unspecified atom stereocenters. The molecular weight excluding hydrogens is 386 g/mol. The van der Waals surface area contributed by atoms with Gasteiger partial charge in [0.2, 0.25) is 0 Å². The molecule has 1 aliphatic rings. The highest BCUT2D eigenvalue weighted by Crippen LogP contribution is 2.42. The van der Waals surface area contributed by atoms with Crippen LogP contribution in [0.1, 0.15) is 41.3 Å². The lowest BCUT2D eigenvalue weighted by molar-refractivity contribution is 0.112. The van der Waals surface area contributed by atoms with Gasteiger partial charge >= 0.3 is 0 Å². The summed E-state index contributed by atoms with van der Waals surface area (Å²) in [6.07, 6.45) is 12.7. The third kappa shape index (κ3) is 5.15. The van der Waals surface area contributed by atoms with Crippen LogP contribution in [0.15, 0.2) is 61.7 Å². The Bertz CT molecular complexity index is 1080. The third-order valence-corrected chi connectivity index (χ3v) is 5.30. The topological polar surface area (TPSA) is 51.5 Å². The van der Waals surface area contributed by atoms with Crippen molar-refractivity contribution >= 4 is 28.1 Å². The predicted molar refractivity (Wildman–Crippen MR) is 131 cm³/mol. The molecule has 0 radical (unpaired) electrons. The number of aromatic hydroxyl groups is 1. The van der Waals surface area contributed by atoms with E-state index in [4.69, 9.17) is 0 Å². The molecule has 0 bridgehead atoms. The number of phenols is 1. The second-order valence-electron chi connectivity index (χ2n) is 7.38. The molecule has 0 atom stereocenters. The van der Waals surface area contributed by atoms with E-state index >= 15 is 0 Å². The lowest BCUT2D eigenvalue weighted by atomic mass is 9.89. The van der Waals surface area contributed by atoms with Crippen molar-refractivity contribution in [3.05, 3.63) is 78.4 Å². The van der Waals surface area contributed by atoms with Crippen LogP contribution in [-0.4, -0.2) is 30.2 Å². The van der Waals surface area contributed by atoms with E-state index in [0.717, 1.165) is 47.5 Å². The largest absolute Gasteiger partial charge is 0.507 e. The number of carbonyl (C=O) groups excluding carboxylic acids is 1. The number of hydrogen-bond donors (Lipinski definition) is 1. The molecule has 0 saturated heterocycles. The Labute approximate surface area is 185 Å². The van der Waals surface area contributed by atoms with Gasteiger partial charge in [-0.05, 0) is 55.9 Å². The van der Waals surface area contributed by atoms with Gasteiger partial charge in [0, 0.05) is 31.7 Å². The van der Waals surface area contributed by atoms with E-state index in [9.17, 15) is 9.90 Å². The zero-order chi connectivity index (χ0) is 22.8. The van der Waals surface area contributed by atoms with E-state index in [1.165, 1.54) is 24.0 Å². The summed E-state index contributed by atoms with van der Waals surface area (Å²) in [4.78, 5) is 11.6. The molecule has 1 aliphatic carbocycles. The Morgan fingerprint density at radius 2 is 1.81 bits per heavy atom. The summed E-state index contributed by atoms with van der Waals surface area (Å²) in [6, 6.07) is 7.70. The highest BCUT2D eigenvalue weighted by Gasteiger charge is 2.22. The molecule has 31 heavy (non-hydrogen) atoms. The number of rotatable bonds is 4. The van der Waals surface area contributed by atoms with Crippen molar-refractivity contribution in [1.29, 1.82) is 0 Å². The maximum atomic E-state index is 11.6. The summed E-state index contributed by atoms with van der Waals surface area (Å²) in [5.41, 5.74) is 5.35. The standard InChI is InChI=1S/C21H21NO2.C4H6.C2H6O/c1-2-3-11-22-17-10-6-8-15(13-23)19(17)20-18(24)12-14-7-4-5-9-16(14)21(20)22;1-3-4-2;1-3-2/h2-3,6,8,10,12-13,24H,4-5,7,9,11H2,1H3;3-4H,1-2H2;1-2H3/b3-2+;;. The van der Waals surface area contributed by atoms with Gasteiger partial charge in [0.25, 0.3) is 0 Å². The SMILES string of the molecule is C/C=C/Cn1c2cccc(C=O)c2c2c(O)cc3c(c21)CCCC3.C=CC=C.COC. The number of carbonyl (C=O) groups is 1. The van der Waals surface area contributed by atoms with Gasteiger partial charge in [0.1, 0.15) is 5.75 Å². The lowest BCUT2D eigenvalue weighted by Gasteiger charge is -2.19. The normalized spacial score (nSPS) is 12.5. The number of ether oxygens (including phenoxy) is 1. The summed E-state index contributed by atoms with van der Waals surface area (Å²) in [7, 11) is 3.25. The van der Waals surface area contributed by atoms with Crippen LogP contribution in [-0.2, 0) is 24.1 Å². The highest BCUT2D eigenvalue weighted by atomic mass is 16.4. The van der Waals surface area contributed by atoms with Crippen molar-refractivity contribution in [3.8, 4) is 5.75 Å². The number of phenolic OH excluding ortho intramolecular Hbond substituents is 1. The number of benzene rings is 2. The molecule has 1 aromatic heterocycles. The molecule has 0 spiro atoms. The van der Waals surface area contributed by atoms with Crippen molar-refractivity contribution in [2.24, 2.45) is 0 Å². The van der Waals surface area contributed by atoms with E-state index in [1.807, 2.05) is 37.3 Å². The van der Waals surface area contributed by atoms with Crippen LogP contribution in [0.25, 0.3) is 21.8 Å².